The van der Waals surface area contributed by atoms with E-state index in [0.717, 1.165) is 11.3 Å². The molecule has 2 aliphatic rings. The standard InChI is InChI=1S/C27H33F3N4O2/c1-16(35)32-19-10-9-18(13-19)25(36)34(4)24(27(28,29)30)22-12-11-20(15-31-22)33-23-14-17-7-5-6-8-21(17)26(23,2)3/h5-8,11-12,15,18-19,23-24,33H,9-10,13-14H2,1-4H3,(H,32,35)/t18-,19+,23+,24+/m1/s1. The second-order valence-electron chi connectivity index (χ2n) is 10.6. The van der Waals surface area contributed by atoms with Gasteiger partial charge in [0, 0.05) is 37.4 Å². The van der Waals surface area contributed by atoms with Gasteiger partial charge in [0.1, 0.15) is 0 Å². The summed E-state index contributed by atoms with van der Waals surface area (Å²) in [5, 5.41) is 6.19. The molecule has 0 bridgehead atoms. The number of aromatic nitrogens is 1. The summed E-state index contributed by atoms with van der Waals surface area (Å²) in [5.41, 5.74) is 2.78. The van der Waals surface area contributed by atoms with Crippen LogP contribution in [0.4, 0.5) is 18.9 Å². The summed E-state index contributed by atoms with van der Waals surface area (Å²) in [6.07, 6.45) is -1.11. The first-order chi connectivity index (χ1) is 16.9. The summed E-state index contributed by atoms with van der Waals surface area (Å²) in [7, 11) is 1.18. The van der Waals surface area contributed by atoms with Crippen molar-refractivity contribution in [2.24, 2.45) is 5.92 Å². The van der Waals surface area contributed by atoms with Crippen molar-refractivity contribution in [1.29, 1.82) is 0 Å². The zero-order chi connectivity index (χ0) is 26.3. The smallest absolute Gasteiger partial charge is 0.380 e. The largest absolute Gasteiger partial charge is 0.414 e. The molecule has 2 aromatic rings. The molecule has 2 amide bonds. The van der Waals surface area contributed by atoms with Crippen LogP contribution in [0.5, 0.6) is 0 Å². The van der Waals surface area contributed by atoms with Gasteiger partial charge in [-0.05, 0) is 48.9 Å². The average molecular weight is 503 g/mol. The highest BCUT2D eigenvalue weighted by Crippen LogP contribution is 2.41. The van der Waals surface area contributed by atoms with E-state index in [1.807, 2.05) is 12.1 Å². The predicted octanol–water partition coefficient (Wildman–Crippen LogP) is 4.76. The van der Waals surface area contributed by atoms with Crippen LogP contribution in [-0.2, 0) is 21.4 Å². The van der Waals surface area contributed by atoms with Gasteiger partial charge in [-0.3, -0.25) is 14.6 Å². The second-order valence-corrected chi connectivity index (χ2v) is 10.6. The first kappa shape index (κ1) is 26.0. The summed E-state index contributed by atoms with van der Waals surface area (Å²) in [4.78, 5) is 29.2. The lowest BCUT2D eigenvalue weighted by molar-refractivity contribution is -0.191. The number of carbonyl (C=O) groups excluding carboxylic acids is 2. The number of pyridine rings is 1. The molecule has 0 aliphatic heterocycles. The van der Waals surface area contributed by atoms with Crippen molar-refractivity contribution < 1.29 is 22.8 Å². The zero-order valence-corrected chi connectivity index (χ0v) is 21.0. The molecule has 1 fully saturated rings. The predicted molar refractivity (Wildman–Crippen MR) is 131 cm³/mol. The van der Waals surface area contributed by atoms with Crippen molar-refractivity contribution in [3.8, 4) is 0 Å². The molecule has 0 unspecified atom stereocenters. The molecule has 194 valence electrons. The number of alkyl halides is 3. The molecule has 1 aromatic carbocycles. The van der Waals surface area contributed by atoms with Gasteiger partial charge in [-0.25, -0.2) is 0 Å². The van der Waals surface area contributed by atoms with Gasteiger partial charge >= 0.3 is 6.18 Å². The SMILES string of the molecule is CC(=O)N[C@H]1CC[C@@H](C(=O)N(C)[C@@H](c2ccc(N[C@H]3Cc4ccccc4C3(C)C)cn2)C(F)(F)F)C1. The van der Waals surface area contributed by atoms with Crippen LogP contribution in [0.1, 0.15) is 62.9 Å². The van der Waals surface area contributed by atoms with Crippen LogP contribution < -0.4 is 10.6 Å². The molecule has 0 spiro atoms. The Morgan fingerprint density at radius 2 is 1.86 bits per heavy atom. The number of rotatable bonds is 6. The minimum atomic E-state index is -4.68. The van der Waals surface area contributed by atoms with Gasteiger partial charge in [0.2, 0.25) is 11.8 Å². The molecule has 4 atom stereocenters. The number of benzene rings is 1. The highest BCUT2D eigenvalue weighted by atomic mass is 19.4. The van der Waals surface area contributed by atoms with Crippen molar-refractivity contribution >= 4 is 17.5 Å². The van der Waals surface area contributed by atoms with Crippen LogP contribution >= 0.6 is 0 Å². The molecule has 0 saturated heterocycles. The number of anilines is 1. The van der Waals surface area contributed by atoms with Gasteiger partial charge in [-0.1, -0.05) is 38.1 Å². The number of amides is 2. The number of halogens is 3. The molecule has 9 heteroatoms. The van der Waals surface area contributed by atoms with E-state index in [9.17, 15) is 22.8 Å². The fourth-order valence-corrected chi connectivity index (χ4v) is 5.70. The lowest BCUT2D eigenvalue weighted by atomic mass is 9.83. The topological polar surface area (TPSA) is 74.3 Å². The van der Waals surface area contributed by atoms with Gasteiger partial charge in [0.05, 0.1) is 17.6 Å². The Bertz CT molecular complexity index is 1120. The van der Waals surface area contributed by atoms with E-state index in [0.29, 0.717) is 24.9 Å². The number of nitrogens with zero attached hydrogens (tertiary/aromatic N) is 2. The van der Waals surface area contributed by atoms with E-state index in [1.54, 1.807) is 6.07 Å². The summed E-state index contributed by atoms with van der Waals surface area (Å²) in [6, 6.07) is 8.91. The Morgan fingerprint density at radius 3 is 2.47 bits per heavy atom. The van der Waals surface area contributed by atoms with Gasteiger partial charge in [-0.15, -0.1) is 0 Å². The Morgan fingerprint density at radius 1 is 1.14 bits per heavy atom. The van der Waals surface area contributed by atoms with E-state index in [-0.39, 0.29) is 29.1 Å². The van der Waals surface area contributed by atoms with E-state index in [1.165, 1.54) is 37.4 Å². The summed E-state index contributed by atoms with van der Waals surface area (Å²) in [5.74, 6) is -1.36. The van der Waals surface area contributed by atoms with Crippen molar-refractivity contribution in [1.82, 2.24) is 15.2 Å². The molecule has 1 saturated carbocycles. The van der Waals surface area contributed by atoms with Crippen LogP contribution in [0, 0.1) is 5.92 Å². The van der Waals surface area contributed by atoms with Gasteiger partial charge < -0.3 is 15.5 Å². The minimum Gasteiger partial charge on any atom is -0.380 e. The van der Waals surface area contributed by atoms with E-state index in [2.05, 4.69) is 41.6 Å². The molecule has 1 heterocycles. The van der Waals surface area contributed by atoms with Crippen molar-refractivity contribution in [2.75, 3.05) is 12.4 Å². The summed E-state index contributed by atoms with van der Waals surface area (Å²) in [6.45, 7) is 5.69. The van der Waals surface area contributed by atoms with Crippen molar-refractivity contribution in [3.63, 3.8) is 0 Å². The number of carbonyl (C=O) groups is 2. The van der Waals surface area contributed by atoms with Crippen LogP contribution in [0.25, 0.3) is 0 Å². The monoisotopic (exact) mass is 502 g/mol. The molecule has 2 N–H and O–H groups in total. The first-order valence-corrected chi connectivity index (χ1v) is 12.3. The molecule has 1 aromatic heterocycles. The maximum absolute atomic E-state index is 14.1. The molecule has 4 rings (SSSR count). The highest BCUT2D eigenvalue weighted by molar-refractivity contribution is 5.80. The van der Waals surface area contributed by atoms with Crippen LogP contribution in [0.2, 0.25) is 0 Å². The third kappa shape index (κ3) is 5.20. The lowest BCUT2D eigenvalue weighted by Crippen LogP contribution is -2.43. The van der Waals surface area contributed by atoms with Crippen LogP contribution in [-0.4, -0.2) is 47.0 Å². The van der Waals surface area contributed by atoms with E-state index >= 15 is 0 Å². The summed E-state index contributed by atoms with van der Waals surface area (Å²) >= 11 is 0. The quantitative estimate of drug-likeness (QED) is 0.597. The number of hydrogen-bond acceptors (Lipinski definition) is 4. The Labute approximate surface area is 209 Å². The molecule has 0 radical (unpaired) electrons. The maximum Gasteiger partial charge on any atom is 0.414 e. The fourth-order valence-electron chi connectivity index (χ4n) is 5.70. The van der Waals surface area contributed by atoms with E-state index in [4.69, 9.17) is 0 Å². The molecular formula is C27H33F3N4O2. The Balaban J connectivity index is 1.48. The number of hydrogen-bond donors (Lipinski definition) is 2. The highest BCUT2D eigenvalue weighted by Gasteiger charge is 2.48. The van der Waals surface area contributed by atoms with Crippen molar-refractivity contribution in [3.05, 3.63) is 59.4 Å². The van der Waals surface area contributed by atoms with Gasteiger partial charge in [0.25, 0.3) is 0 Å². The average Bonchev–Trinajstić information content (AvgIpc) is 3.35. The molecule has 6 nitrogen and oxygen atoms in total. The lowest BCUT2D eigenvalue weighted by Gasteiger charge is -2.32. The van der Waals surface area contributed by atoms with Crippen LogP contribution in [0.3, 0.4) is 0 Å². The van der Waals surface area contributed by atoms with Gasteiger partial charge in [0.15, 0.2) is 6.04 Å². The van der Waals surface area contributed by atoms with Gasteiger partial charge in [-0.2, -0.15) is 13.2 Å². The Kier molecular flexibility index (Phi) is 7.03. The number of fused-ring (bicyclic) bond motifs is 1. The molecular weight excluding hydrogens is 469 g/mol. The first-order valence-electron chi connectivity index (χ1n) is 12.3. The fraction of sp³-hybridized carbons (Fsp3) is 0.519. The van der Waals surface area contributed by atoms with Crippen molar-refractivity contribution in [2.45, 2.75) is 76.2 Å². The second kappa shape index (κ2) is 9.75. The molecule has 36 heavy (non-hydrogen) atoms. The Hall–Kier alpha value is -3.10. The maximum atomic E-state index is 14.1. The van der Waals surface area contributed by atoms with E-state index < -0.39 is 24.0 Å². The third-order valence-corrected chi connectivity index (χ3v) is 7.65. The zero-order valence-electron chi connectivity index (χ0n) is 21.0. The number of nitrogens with one attached hydrogen (secondary N) is 2. The van der Waals surface area contributed by atoms with Crippen LogP contribution in [0.15, 0.2) is 42.6 Å². The third-order valence-electron chi connectivity index (χ3n) is 7.65. The normalized spacial score (nSPS) is 23.6. The summed E-state index contributed by atoms with van der Waals surface area (Å²) < 4.78 is 42.4. The minimum absolute atomic E-state index is 0.0733. The molecule has 2 aliphatic carbocycles.